The number of nitrogens with zero attached hydrogens (tertiary/aromatic N) is 1. The van der Waals surface area contributed by atoms with E-state index in [1.54, 1.807) is 19.1 Å². The van der Waals surface area contributed by atoms with Crippen molar-refractivity contribution >= 4 is 17.4 Å². The molecule has 6 nitrogen and oxygen atoms in total. The summed E-state index contributed by atoms with van der Waals surface area (Å²) in [6.45, 7) is 10.3. The molecule has 1 aliphatic rings. The zero-order valence-electron chi connectivity index (χ0n) is 18.2. The Bertz CT molecular complexity index is 985. The molecule has 1 atom stereocenters. The highest BCUT2D eigenvalue weighted by Gasteiger charge is 2.47. The van der Waals surface area contributed by atoms with Gasteiger partial charge >= 0.3 is 0 Å². The van der Waals surface area contributed by atoms with Crippen molar-refractivity contribution in [2.75, 3.05) is 13.2 Å². The van der Waals surface area contributed by atoms with Crippen LogP contribution in [-0.4, -0.2) is 41.0 Å². The third-order valence-electron chi connectivity index (χ3n) is 5.21. The minimum Gasteiger partial charge on any atom is -0.507 e. The number of aryl methyl sites for hydroxylation is 3. The molecule has 0 bridgehead atoms. The molecule has 0 aliphatic carbocycles. The van der Waals surface area contributed by atoms with E-state index in [0.29, 0.717) is 36.7 Å². The van der Waals surface area contributed by atoms with Gasteiger partial charge in [-0.15, -0.1) is 0 Å². The molecule has 0 saturated carbocycles. The Morgan fingerprint density at radius 2 is 1.90 bits per heavy atom. The first kappa shape index (κ1) is 21.8. The Hall–Kier alpha value is -2.86. The molecule has 160 valence electrons. The number of ether oxygens (including phenoxy) is 1. The Morgan fingerprint density at radius 3 is 2.53 bits per heavy atom. The lowest BCUT2D eigenvalue weighted by Gasteiger charge is -2.23. The van der Waals surface area contributed by atoms with Gasteiger partial charge in [-0.2, -0.15) is 0 Å². The quantitative estimate of drug-likeness (QED) is 0.315. The molecule has 0 radical (unpaired) electrons. The number of aliphatic hydroxyl groups excluding tert-OH is 1. The highest BCUT2D eigenvalue weighted by atomic mass is 16.5. The first-order chi connectivity index (χ1) is 14.2. The number of carbonyl (C=O) groups is 2. The second-order valence-electron chi connectivity index (χ2n) is 8.03. The highest BCUT2D eigenvalue weighted by Crippen LogP contribution is 2.40. The van der Waals surface area contributed by atoms with Crippen LogP contribution in [0.4, 0.5) is 0 Å². The van der Waals surface area contributed by atoms with Crippen molar-refractivity contribution in [1.29, 1.82) is 0 Å². The maximum absolute atomic E-state index is 13.0. The average Bonchev–Trinajstić information content (AvgIpc) is 3.22. The van der Waals surface area contributed by atoms with Gasteiger partial charge in [0, 0.05) is 18.7 Å². The molecule has 1 N–H and O–H groups in total. The number of Topliss-reactive ketones (excluding diaryl/α,β-unsaturated/α-hetero) is 1. The van der Waals surface area contributed by atoms with E-state index in [1.807, 2.05) is 45.9 Å². The fraction of sp³-hybridized carbons (Fsp3) is 0.417. The van der Waals surface area contributed by atoms with Gasteiger partial charge in [0.2, 0.25) is 0 Å². The summed E-state index contributed by atoms with van der Waals surface area (Å²) in [4.78, 5) is 27.3. The van der Waals surface area contributed by atoms with Gasteiger partial charge in [0.15, 0.2) is 0 Å². The SMILES string of the molecule is Cc1ccc(C)c(/C(O)=C2\C(=O)C(=O)N(CCCOC(C)C)C2c2ccc(C)o2)c1. The van der Waals surface area contributed by atoms with Crippen molar-refractivity contribution in [1.82, 2.24) is 4.90 Å². The zero-order chi connectivity index (χ0) is 22.0. The molecule has 1 amide bonds. The molecule has 6 heteroatoms. The van der Waals surface area contributed by atoms with Gasteiger partial charge < -0.3 is 19.2 Å². The van der Waals surface area contributed by atoms with Crippen LogP contribution in [0.15, 0.2) is 40.3 Å². The van der Waals surface area contributed by atoms with Crippen molar-refractivity contribution in [2.24, 2.45) is 0 Å². The summed E-state index contributed by atoms with van der Waals surface area (Å²) in [5.41, 5.74) is 2.38. The summed E-state index contributed by atoms with van der Waals surface area (Å²) in [7, 11) is 0. The summed E-state index contributed by atoms with van der Waals surface area (Å²) >= 11 is 0. The first-order valence-electron chi connectivity index (χ1n) is 10.2. The molecular weight excluding hydrogens is 382 g/mol. The van der Waals surface area contributed by atoms with Crippen molar-refractivity contribution in [3.8, 4) is 0 Å². The van der Waals surface area contributed by atoms with E-state index in [0.717, 1.165) is 11.1 Å². The van der Waals surface area contributed by atoms with E-state index in [2.05, 4.69) is 0 Å². The fourth-order valence-corrected chi connectivity index (χ4v) is 3.70. The predicted molar refractivity (Wildman–Crippen MR) is 114 cm³/mol. The van der Waals surface area contributed by atoms with E-state index in [1.165, 1.54) is 4.90 Å². The summed E-state index contributed by atoms with van der Waals surface area (Å²) in [6.07, 6.45) is 0.665. The average molecular weight is 411 g/mol. The van der Waals surface area contributed by atoms with Crippen LogP contribution in [0.2, 0.25) is 0 Å². The van der Waals surface area contributed by atoms with Crippen molar-refractivity contribution in [3.63, 3.8) is 0 Å². The molecule has 1 saturated heterocycles. The van der Waals surface area contributed by atoms with E-state index < -0.39 is 17.7 Å². The van der Waals surface area contributed by atoms with Crippen LogP contribution in [0.25, 0.3) is 5.76 Å². The van der Waals surface area contributed by atoms with Crippen LogP contribution in [0, 0.1) is 20.8 Å². The van der Waals surface area contributed by atoms with Gasteiger partial charge in [-0.1, -0.05) is 17.7 Å². The molecule has 1 aromatic carbocycles. The second kappa shape index (κ2) is 8.88. The lowest BCUT2D eigenvalue weighted by molar-refractivity contribution is -0.140. The lowest BCUT2D eigenvalue weighted by atomic mass is 9.96. The van der Waals surface area contributed by atoms with Gasteiger partial charge in [0.05, 0.1) is 11.7 Å². The lowest BCUT2D eigenvalue weighted by Crippen LogP contribution is -2.31. The molecule has 1 aliphatic heterocycles. The Morgan fingerprint density at radius 1 is 1.17 bits per heavy atom. The smallest absolute Gasteiger partial charge is 0.295 e. The normalized spacial score (nSPS) is 18.6. The molecule has 1 fully saturated rings. The summed E-state index contributed by atoms with van der Waals surface area (Å²) in [6, 6.07) is 8.41. The van der Waals surface area contributed by atoms with E-state index in [9.17, 15) is 14.7 Å². The highest BCUT2D eigenvalue weighted by molar-refractivity contribution is 6.46. The number of likely N-dealkylation sites (tertiary alicyclic amines) is 1. The molecule has 3 rings (SSSR count). The van der Waals surface area contributed by atoms with E-state index in [4.69, 9.17) is 9.15 Å². The maximum Gasteiger partial charge on any atom is 0.295 e. The third-order valence-corrected chi connectivity index (χ3v) is 5.21. The molecule has 1 aromatic heterocycles. The molecular formula is C24H29NO5. The molecule has 30 heavy (non-hydrogen) atoms. The van der Waals surface area contributed by atoms with Crippen LogP contribution in [-0.2, 0) is 14.3 Å². The van der Waals surface area contributed by atoms with E-state index >= 15 is 0 Å². The number of amides is 1. The van der Waals surface area contributed by atoms with Crippen molar-refractivity contribution < 1.29 is 23.8 Å². The Kier molecular flexibility index (Phi) is 6.46. The molecule has 2 aromatic rings. The fourth-order valence-electron chi connectivity index (χ4n) is 3.70. The number of carbonyl (C=O) groups excluding carboxylic acids is 2. The molecule has 1 unspecified atom stereocenters. The van der Waals surface area contributed by atoms with Gasteiger partial charge in [-0.05, 0) is 64.8 Å². The number of hydrogen-bond acceptors (Lipinski definition) is 5. The molecule has 2 heterocycles. The number of ketones is 1. The minimum absolute atomic E-state index is 0.0628. The van der Waals surface area contributed by atoms with Gasteiger partial charge in [-0.3, -0.25) is 9.59 Å². The third kappa shape index (κ3) is 4.33. The Labute approximate surface area is 177 Å². The van der Waals surface area contributed by atoms with Crippen LogP contribution in [0.3, 0.4) is 0 Å². The van der Waals surface area contributed by atoms with Gasteiger partial charge in [-0.25, -0.2) is 0 Å². The number of rotatable bonds is 7. The predicted octanol–water partition coefficient (Wildman–Crippen LogP) is 4.44. The monoisotopic (exact) mass is 411 g/mol. The van der Waals surface area contributed by atoms with Crippen LogP contribution < -0.4 is 0 Å². The number of hydrogen-bond donors (Lipinski definition) is 1. The summed E-state index contributed by atoms with van der Waals surface area (Å²) in [5, 5.41) is 11.1. The van der Waals surface area contributed by atoms with E-state index in [-0.39, 0.29) is 17.4 Å². The van der Waals surface area contributed by atoms with Gasteiger partial charge in [0.1, 0.15) is 23.3 Å². The number of benzene rings is 1. The minimum atomic E-state index is -0.766. The first-order valence-corrected chi connectivity index (χ1v) is 10.2. The van der Waals surface area contributed by atoms with Crippen LogP contribution in [0.1, 0.15) is 54.5 Å². The summed E-state index contributed by atoms with van der Waals surface area (Å²) < 4.78 is 11.4. The standard InChI is InChI=1S/C24H29NO5/c1-14(2)29-12-6-11-25-21(19-10-9-17(5)30-19)20(23(27)24(25)28)22(26)18-13-15(3)7-8-16(18)4/h7-10,13-14,21,26H,6,11-12H2,1-5H3/b22-20+. The maximum atomic E-state index is 13.0. The van der Waals surface area contributed by atoms with Crippen LogP contribution in [0.5, 0.6) is 0 Å². The zero-order valence-corrected chi connectivity index (χ0v) is 18.2. The Balaban J connectivity index is 2.05. The van der Waals surface area contributed by atoms with Gasteiger partial charge in [0.25, 0.3) is 11.7 Å². The second-order valence-corrected chi connectivity index (χ2v) is 8.03. The topological polar surface area (TPSA) is 80.0 Å². The molecule has 0 spiro atoms. The van der Waals surface area contributed by atoms with Crippen molar-refractivity contribution in [2.45, 2.75) is 53.2 Å². The number of furan rings is 1. The number of aliphatic hydroxyl groups is 1. The largest absolute Gasteiger partial charge is 0.507 e. The summed E-state index contributed by atoms with van der Waals surface area (Å²) in [5.74, 6) is -0.369. The van der Waals surface area contributed by atoms with Crippen molar-refractivity contribution in [3.05, 3.63) is 64.1 Å². The van der Waals surface area contributed by atoms with Crippen LogP contribution >= 0.6 is 0 Å².